The summed E-state index contributed by atoms with van der Waals surface area (Å²) in [5, 5.41) is 5.86. The number of amides is 2. The number of allylic oxidation sites excluding steroid dienone is 1. The number of rotatable bonds is 4. The van der Waals surface area contributed by atoms with Crippen molar-refractivity contribution in [2.75, 3.05) is 6.54 Å². The molecule has 4 heteroatoms. The predicted octanol–water partition coefficient (Wildman–Crippen LogP) is 3.74. The summed E-state index contributed by atoms with van der Waals surface area (Å²) in [7, 11) is 0. The fraction of sp³-hybridized carbons (Fsp3) is 0.684. The first-order valence-corrected chi connectivity index (χ1v) is 8.46. The normalized spacial score (nSPS) is 24.3. The van der Waals surface area contributed by atoms with E-state index < -0.39 is 0 Å². The molecule has 0 aromatic carbocycles. The largest absolute Gasteiger partial charge is 0.356 e. The maximum Gasteiger partial charge on any atom is 0.223 e. The summed E-state index contributed by atoms with van der Waals surface area (Å²) in [4.78, 5) is 22.3. The van der Waals surface area contributed by atoms with Crippen LogP contribution in [0.25, 0.3) is 0 Å². The summed E-state index contributed by atoms with van der Waals surface area (Å²) in [6, 6.07) is 0.350. The first-order valence-electron chi connectivity index (χ1n) is 8.46. The van der Waals surface area contributed by atoms with E-state index in [1.165, 1.54) is 0 Å². The van der Waals surface area contributed by atoms with Gasteiger partial charge < -0.3 is 10.6 Å². The molecule has 2 unspecified atom stereocenters. The summed E-state index contributed by atoms with van der Waals surface area (Å²) in [6.07, 6.45) is 12.8. The quantitative estimate of drug-likeness (QED) is 0.775. The van der Waals surface area contributed by atoms with Crippen molar-refractivity contribution in [2.24, 2.45) is 5.92 Å². The highest BCUT2D eigenvalue weighted by atomic mass is 16.2. The lowest BCUT2D eigenvalue weighted by Gasteiger charge is -2.12. The van der Waals surface area contributed by atoms with E-state index in [9.17, 15) is 9.59 Å². The van der Waals surface area contributed by atoms with Gasteiger partial charge in [-0.1, -0.05) is 32.4 Å². The molecule has 0 spiro atoms. The van der Waals surface area contributed by atoms with Crippen molar-refractivity contribution in [3.05, 3.63) is 25.3 Å². The number of nitrogens with one attached hydrogen (secondary N) is 2. The summed E-state index contributed by atoms with van der Waals surface area (Å²) >= 11 is 0. The predicted molar refractivity (Wildman–Crippen MR) is 97.1 cm³/mol. The zero-order valence-corrected chi connectivity index (χ0v) is 13.6. The van der Waals surface area contributed by atoms with Crippen molar-refractivity contribution in [1.82, 2.24) is 10.6 Å². The monoisotopic (exact) mass is 322 g/mol. The molecule has 2 aliphatic heterocycles. The molecular weight excluding hydrogens is 288 g/mol. The number of hydrogen-bond donors (Lipinski definition) is 2. The molecule has 0 aliphatic carbocycles. The molecule has 2 rings (SSSR count). The molecule has 0 aromatic rings. The molecule has 2 fully saturated rings. The minimum Gasteiger partial charge on any atom is -0.356 e. The first kappa shape index (κ1) is 21.4. The average Bonchev–Trinajstić information content (AvgIpc) is 2.82. The minimum atomic E-state index is 0. The van der Waals surface area contributed by atoms with Crippen LogP contribution in [0.3, 0.4) is 0 Å². The Morgan fingerprint density at radius 1 is 1.00 bits per heavy atom. The molecule has 0 aromatic heterocycles. The van der Waals surface area contributed by atoms with Gasteiger partial charge in [-0.25, -0.2) is 0 Å². The number of carbonyl (C=O) groups is 2. The van der Waals surface area contributed by atoms with Crippen molar-refractivity contribution in [2.45, 2.75) is 71.3 Å². The molecule has 4 nitrogen and oxygen atoms in total. The van der Waals surface area contributed by atoms with Crippen molar-refractivity contribution in [1.29, 1.82) is 0 Å². The van der Waals surface area contributed by atoms with Crippen molar-refractivity contribution >= 4 is 11.8 Å². The van der Waals surface area contributed by atoms with E-state index in [-0.39, 0.29) is 25.2 Å². The molecule has 0 saturated carbocycles. The van der Waals surface area contributed by atoms with Crippen LogP contribution in [-0.2, 0) is 9.59 Å². The second-order valence-corrected chi connectivity index (χ2v) is 6.04. The van der Waals surface area contributed by atoms with Gasteiger partial charge in [0.25, 0.3) is 0 Å². The van der Waals surface area contributed by atoms with Crippen LogP contribution in [0, 0.1) is 5.92 Å². The molecule has 0 radical (unpaired) electrons. The zero-order valence-electron chi connectivity index (χ0n) is 13.6. The highest BCUT2D eigenvalue weighted by Crippen LogP contribution is 2.15. The standard InChI is InChI=1S/2C9H15NO.CH4/c1-2-5-8-6-3-4-7-10-9(8)11;1-2-5-8-6-3-4-7-9(11)10-8;/h2*2,8H,1,3-7H2,(H,10,11);1H4. The van der Waals surface area contributed by atoms with Gasteiger partial charge in [0, 0.05) is 24.9 Å². The Morgan fingerprint density at radius 2 is 1.70 bits per heavy atom. The topological polar surface area (TPSA) is 58.2 Å². The summed E-state index contributed by atoms with van der Waals surface area (Å²) in [5.41, 5.74) is 0. The van der Waals surface area contributed by atoms with Crippen LogP contribution < -0.4 is 10.6 Å². The number of carbonyl (C=O) groups excluding carboxylic acids is 2. The molecule has 132 valence electrons. The number of hydrogen-bond acceptors (Lipinski definition) is 2. The SMILES string of the molecule is C.C=CCC1CCCCC(=O)N1.C=CCC1CCCCNC1=O. The smallest absolute Gasteiger partial charge is 0.223 e. The van der Waals surface area contributed by atoms with Crippen LogP contribution in [0.4, 0.5) is 0 Å². The molecule has 2 N–H and O–H groups in total. The van der Waals surface area contributed by atoms with Gasteiger partial charge in [0.2, 0.25) is 11.8 Å². The first-order chi connectivity index (χ1) is 10.7. The lowest BCUT2D eigenvalue weighted by molar-refractivity contribution is -0.124. The Bertz CT molecular complexity index is 380. The Balaban J connectivity index is 0.000000403. The van der Waals surface area contributed by atoms with Crippen LogP contribution in [0.5, 0.6) is 0 Å². The van der Waals surface area contributed by atoms with Gasteiger partial charge in [-0.05, 0) is 38.5 Å². The van der Waals surface area contributed by atoms with Crippen molar-refractivity contribution in [3.8, 4) is 0 Å². The van der Waals surface area contributed by atoms with Gasteiger partial charge >= 0.3 is 0 Å². The van der Waals surface area contributed by atoms with Gasteiger partial charge in [-0.15, -0.1) is 13.2 Å². The molecular formula is C19H34N2O2. The molecule has 2 amide bonds. The van der Waals surface area contributed by atoms with Crippen LogP contribution in [0.1, 0.15) is 65.2 Å². The van der Waals surface area contributed by atoms with Crippen LogP contribution in [0.15, 0.2) is 25.3 Å². The fourth-order valence-electron chi connectivity index (χ4n) is 2.86. The van der Waals surface area contributed by atoms with Gasteiger partial charge in [-0.3, -0.25) is 9.59 Å². The highest BCUT2D eigenvalue weighted by molar-refractivity contribution is 5.79. The van der Waals surface area contributed by atoms with E-state index in [1.807, 2.05) is 12.2 Å². The van der Waals surface area contributed by atoms with Gasteiger partial charge in [0.15, 0.2) is 0 Å². The molecule has 2 heterocycles. The van der Waals surface area contributed by atoms with E-state index in [0.717, 1.165) is 57.9 Å². The highest BCUT2D eigenvalue weighted by Gasteiger charge is 2.18. The van der Waals surface area contributed by atoms with Crippen LogP contribution >= 0.6 is 0 Å². The second-order valence-electron chi connectivity index (χ2n) is 6.04. The Kier molecular flexibility index (Phi) is 12.0. The Hall–Kier alpha value is -1.58. The third-order valence-electron chi connectivity index (χ3n) is 4.12. The molecule has 2 saturated heterocycles. The summed E-state index contributed by atoms with van der Waals surface area (Å²) in [6.45, 7) is 8.15. The maximum atomic E-state index is 11.2. The molecule has 23 heavy (non-hydrogen) atoms. The van der Waals surface area contributed by atoms with Crippen molar-refractivity contribution < 1.29 is 9.59 Å². The Labute approximate surface area is 141 Å². The van der Waals surface area contributed by atoms with E-state index in [1.54, 1.807) is 0 Å². The van der Waals surface area contributed by atoms with E-state index in [2.05, 4.69) is 23.8 Å². The molecule has 2 atom stereocenters. The maximum absolute atomic E-state index is 11.2. The van der Waals surface area contributed by atoms with E-state index >= 15 is 0 Å². The van der Waals surface area contributed by atoms with Crippen LogP contribution in [-0.4, -0.2) is 24.4 Å². The Morgan fingerprint density at radius 3 is 2.39 bits per heavy atom. The summed E-state index contributed by atoms with van der Waals surface area (Å²) < 4.78 is 0. The van der Waals surface area contributed by atoms with Gasteiger partial charge in [0.05, 0.1) is 0 Å². The lowest BCUT2D eigenvalue weighted by Crippen LogP contribution is -2.32. The third kappa shape index (κ3) is 9.22. The second kappa shape index (κ2) is 12.9. The fourth-order valence-corrected chi connectivity index (χ4v) is 2.86. The van der Waals surface area contributed by atoms with E-state index in [4.69, 9.17) is 0 Å². The summed E-state index contributed by atoms with van der Waals surface area (Å²) in [5.74, 6) is 0.603. The lowest BCUT2D eigenvalue weighted by atomic mass is 9.99. The minimum absolute atomic E-state index is 0. The zero-order chi connectivity index (χ0) is 16.2. The molecule has 0 bridgehead atoms. The molecule has 2 aliphatic rings. The van der Waals surface area contributed by atoms with E-state index in [0.29, 0.717) is 12.5 Å². The third-order valence-corrected chi connectivity index (χ3v) is 4.12. The van der Waals surface area contributed by atoms with Gasteiger partial charge in [0.1, 0.15) is 0 Å². The van der Waals surface area contributed by atoms with Gasteiger partial charge in [-0.2, -0.15) is 0 Å². The van der Waals surface area contributed by atoms with Crippen molar-refractivity contribution in [3.63, 3.8) is 0 Å². The van der Waals surface area contributed by atoms with Crippen LogP contribution in [0.2, 0.25) is 0 Å². The average molecular weight is 322 g/mol.